The van der Waals surface area contributed by atoms with E-state index in [0.717, 1.165) is 24.8 Å². The molecule has 0 heterocycles. The number of benzene rings is 1. The van der Waals surface area contributed by atoms with Crippen molar-refractivity contribution in [2.45, 2.75) is 31.5 Å². The fourth-order valence-corrected chi connectivity index (χ4v) is 2.28. The monoisotopic (exact) mass is 239 g/mol. The van der Waals surface area contributed by atoms with Crippen molar-refractivity contribution in [1.29, 1.82) is 0 Å². The van der Waals surface area contributed by atoms with Crippen molar-refractivity contribution in [3.63, 3.8) is 0 Å². The van der Waals surface area contributed by atoms with E-state index in [1.54, 1.807) is 13.2 Å². The molecule has 0 aromatic heterocycles. The highest BCUT2D eigenvalue weighted by atomic mass is 19.1. The maximum atomic E-state index is 13.0. The standard InChI is InChI=1S/C13H18FNO2/c1-16-11-7-10(13(15)4-3-5-13)6-9(8-14)12(11)17-2/h6-7H,3-5,8,15H2,1-2H3. The summed E-state index contributed by atoms with van der Waals surface area (Å²) < 4.78 is 23.4. The van der Waals surface area contributed by atoms with Crippen LogP contribution >= 0.6 is 0 Å². The molecule has 0 unspecified atom stereocenters. The first kappa shape index (κ1) is 12.2. The maximum absolute atomic E-state index is 13.0. The topological polar surface area (TPSA) is 44.5 Å². The summed E-state index contributed by atoms with van der Waals surface area (Å²) in [7, 11) is 3.06. The van der Waals surface area contributed by atoms with Crippen LogP contribution in [0.1, 0.15) is 30.4 Å². The van der Waals surface area contributed by atoms with Gasteiger partial charge in [0.2, 0.25) is 0 Å². The highest BCUT2D eigenvalue weighted by molar-refractivity contribution is 5.51. The van der Waals surface area contributed by atoms with E-state index < -0.39 is 6.67 Å². The zero-order valence-electron chi connectivity index (χ0n) is 10.3. The summed E-state index contributed by atoms with van der Waals surface area (Å²) in [5.41, 5.74) is 7.37. The minimum atomic E-state index is -0.580. The number of nitrogens with two attached hydrogens (primary N) is 1. The Morgan fingerprint density at radius 1 is 1.29 bits per heavy atom. The van der Waals surface area contributed by atoms with E-state index in [-0.39, 0.29) is 5.54 Å². The van der Waals surface area contributed by atoms with Crippen molar-refractivity contribution in [2.75, 3.05) is 14.2 Å². The van der Waals surface area contributed by atoms with Crippen LogP contribution in [0, 0.1) is 0 Å². The molecule has 1 saturated carbocycles. The van der Waals surface area contributed by atoms with Gasteiger partial charge in [0.15, 0.2) is 11.5 Å². The van der Waals surface area contributed by atoms with E-state index >= 15 is 0 Å². The number of methoxy groups -OCH3 is 2. The van der Waals surface area contributed by atoms with Crippen molar-refractivity contribution in [2.24, 2.45) is 5.73 Å². The summed E-state index contributed by atoms with van der Waals surface area (Å²) in [4.78, 5) is 0. The zero-order chi connectivity index (χ0) is 12.5. The molecular formula is C13H18FNO2. The molecule has 17 heavy (non-hydrogen) atoms. The van der Waals surface area contributed by atoms with Crippen molar-refractivity contribution >= 4 is 0 Å². The largest absolute Gasteiger partial charge is 0.493 e. The maximum Gasteiger partial charge on any atom is 0.166 e. The molecule has 1 aromatic carbocycles. The molecule has 4 heteroatoms. The normalized spacial score (nSPS) is 17.4. The van der Waals surface area contributed by atoms with Crippen LogP contribution in [0.15, 0.2) is 12.1 Å². The van der Waals surface area contributed by atoms with E-state index in [2.05, 4.69) is 0 Å². The number of hydrogen-bond donors (Lipinski definition) is 1. The summed E-state index contributed by atoms with van der Waals surface area (Å²) in [6.07, 6.45) is 3.00. The summed E-state index contributed by atoms with van der Waals surface area (Å²) >= 11 is 0. The van der Waals surface area contributed by atoms with Gasteiger partial charge in [-0.15, -0.1) is 0 Å². The lowest BCUT2D eigenvalue weighted by Crippen LogP contribution is -2.43. The van der Waals surface area contributed by atoms with Gasteiger partial charge in [-0.1, -0.05) is 0 Å². The molecule has 1 aliphatic carbocycles. The molecule has 0 bridgehead atoms. The number of alkyl halides is 1. The number of halogens is 1. The van der Waals surface area contributed by atoms with E-state index in [1.807, 2.05) is 6.07 Å². The molecule has 0 saturated heterocycles. The second-order valence-electron chi connectivity index (χ2n) is 4.51. The van der Waals surface area contributed by atoms with Crippen molar-refractivity contribution < 1.29 is 13.9 Å². The first-order valence-corrected chi connectivity index (χ1v) is 5.75. The average Bonchev–Trinajstić information content (AvgIpc) is 2.33. The summed E-state index contributed by atoms with van der Waals surface area (Å²) in [5, 5.41) is 0. The lowest BCUT2D eigenvalue weighted by molar-refractivity contribution is 0.251. The van der Waals surface area contributed by atoms with Gasteiger partial charge in [-0.2, -0.15) is 0 Å². The Hall–Kier alpha value is -1.29. The van der Waals surface area contributed by atoms with Crippen molar-refractivity contribution in [3.05, 3.63) is 23.3 Å². The first-order chi connectivity index (χ1) is 8.14. The second-order valence-corrected chi connectivity index (χ2v) is 4.51. The third-order valence-electron chi connectivity index (χ3n) is 3.52. The van der Waals surface area contributed by atoms with Crippen LogP contribution in [-0.2, 0) is 12.2 Å². The highest BCUT2D eigenvalue weighted by Crippen LogP contribution is 2.43. The van der Waals surface area contributed by atoms with Crippen LogP contribution in [-0.4, -0.2) is 14.2 Å². The molecule has 2 N–H and O–H groups in total. The van der Waals surface area contributed by atoms with Crippen molar-refractivity contribution in [3.8, 4) is 11.5 Å². The fourth-order valence-electron chi connectivity index (χ4n) is 2.28. The Balaban J connectivity index is 2.48. The minimum Gasteiger partial charge on any atom is -0.493 e. The summed E-state index contributed by atoms with van der Waals surface area (Å²) in [5.74, 6) is 1.01. The molecule has 1 aliphatic rings. The van der Waals surface area contributed by atoms with Crippen LogP contribution in [0.25, 0.3) is 0 Å². The third kappa shape index (κ3) is 1.97. The van der Waals surface area contributed by atoms with Crippen LogP contribution in [0.4, 0.5) is 4.39 Å². The third-order valence-corrected chi connectivity index (χ3v) is 3.52. The Labute approximate surface area is 101 Å². The Bertz CT molecular complexity index is 391. The zero-order valence-corrected chi connectivity index (χ0v) is 10.3. The van der Waals surface area contributed by atoms with Crippen molar-refractivity contribution in [1.82, 2.24) is 0 Å². The van der Waals surface area contributed by atoms with Gasteiger partial charge in [-0.05, 0) is 37.0 Å². The van der Waals surface area contributed by atoms with E-state index in [0.29, 0.717) is 17.1 Å². The van der Waals surface area contributed by atoms with Gasteiger partial charge in [-0.3, -0.25) is 0 Å². The molecule has 0 amide bonds. The smallest absolute Gasteiger partial charge is 0.166 e. The van der Waals surface area contributed by atoms with E-state index in [1.165, 1.54) is 7.11 Å². The SMILES string of the molecule is COc1cc(C2(N)CCC2)cc(CF)c1OC. The number of ether oxygens (including phenoxy) is 2. The van der Waals surface area contributed by atoms with Crippen LogP contribution in [0.2, 0.25) is 0 Å². The average molecular weight is 239 g/mol. The molecular weight excluding hydrogens is 221 g/mol. The van der Waals surface area contributed by atoms with Gasteiger partial charge in [0, 0.05) is 11.1 Å². The minimum absolute atomic E-state index is 0.316. The number of rotatable bonds is 4. The summed E-state index contributed by atoms with van der Waals surface area (Å²) in [6, 6.07) is 3.65. The molecule has 0 atom stereocenters. The van der Waals surface area contributed by atoms with E-state index in [4.69, 9.17) is 15.2 Å². The molecule has 2 rings (SSSR count). The molecule has 0 radical (unpaired) electrons. The lowest BCUT2D eigenvalue weighted by Gasteiger charge is -2.39. The predicted molar refractivity (Wildman–Crippen MR) is 64.1 cm³/mol. The van der Waals surface area contributed by atoms with E-state index in [9.17, 15) is 4.39 Å². The molecule has 3 nitrogen and oxygen atoms in total. The van der Waals surface area contributed by atoms with Crippen LogP contribution < -0.4 is 15.2 Å². The van der Waals surface area contributed by atoms with Gasteiger partial charge >= 0.3 is 0 Å². The Morgan fingerprint density at radius 3 is 2.41 bits per heavy atom. The van der Waals surface area contributed by atoms with Gasteiger partial charge in [-0.25, -0.2) is 4.39 Å². The molecule has 1 fully saturated rings. The summed E-state index contributed by atoms with van der Waals surface area (Å²) in [6.45, 7) is -0.580. The predicted octanol–water partition coefficient (Wildman–Crippen LogP) is 2.51. The van der Waals surface area contributed by atoms with Crippen LogP contribution in [0.3, 0.4) is 0 Å². The molecule has 1 aromatic rings. The number of hydrogen-bond acceptors (Lipinski definition) is 3. The first-order valence-electron chi connectivity index (χ1n) is 5.75. The molecule has 94 valence electrons. The van der Waals surface area contributed by atoms with Gasteiger partial charge in [0.25, 0.3) is 0 Å². The quantitative estimate of drug-likeness (QED) is 0.878. The molecule has 0 spiro atoms. The lowest BCUT2D eigenvalue weighted by atomic mass is 9.72. The Morgan fingerprint density at radius 2 is 2.00 bits per heavy atom. The molecule has 0 aliphatic heterocycles. The van der Waals surface area contributed by atoms with Gasteiger partial charge < -0.3 is 15.2 Å². The highest BCUT2D eigenvalue weighted by Gasteiger charge is 2.35. The van der Waals surface area contributed by atoms with Gasteiger partial charge in [0.1, 0.15) is 6.67 Å². The fraction of sp³-hybridized carbons (Fsp3) is 0.538. The second kappa shape index (κ2) is 4.53. The Kier molecular flexibility index (Phi) is 3.24. The van der Waals surface area contributed by atoms with Crippen LogP contribution in [0.5, 0.6) is 11.5 Å². The van der Waals surface area contributed by atoms with Gasteiger partial charge in [0.05, 0.1) is 14.2 Å².